The van der Waals surface area contributed by atoms with E-state index in [1.54, 1.807) is 16.4 Å². The summed E-state index contributed by atoms with van der Waals surface area (Å²) >= 11 is 7.88. The number of benzene rings is 3. The van der Waals surface area contributed by atoms with Gasteiger partial charge in [0.25, 0.3) is 5.91 Å². The molecule has 1 aliphatic heterocycles. The van der Waals surface area contributed by atoms with Crippen LogP contribution in [0.4, 0.5) is 11.6 Å². The lowest BCUT2D eigenvalue weighted by Gasteiger charge is -2.29. The summed E-state index contributed by atoms with van der Waals surface area (Å²) in [6, 6.07) is 22.2. The molecule has 0 radical (unpaired) electrons. The lowest BCUT2D eigenvalue weighted by Crippen LogP contribution is -2.31. The summed E-state index contributed by atoms with van der Waals surface area (Å²) < 4.78 is 13.5. The molecular weight excluding hydrogens is 558 g/mol. The van der Waals surface area contributed by atoms with E-state index in [9.17, 15) is 4.79 Å². The molecule has 4 aromatic rings. The number of amides is 1. The van der Waals surface area contributed by atoms with Crippen molar-refractivity contribution in [2.45, 2.75) is 45.0 Å². The van der Waals surface area contributed by atoms with Crippen molar-refractivity contribution in [2.75, 3.05) is 23.0 Å². The van der Waals surface area contributed by atoms with Crippen LogP contribution < -0.4 is 20.1 Å². The van der Waals surface area contributed by atoms with Crippen molar-refractivity contribution in [1.82, 2.24) is 14.8 Å². The van der Waals surface area contributed by atoms with Crippen LogP contribution in [-0.2, 0) is 11.4 Å². The van der Waals surface area contributed by atoms with Crippen molar-refractivity contribution >= 4 is 40.9 Å². The van der Waals surface area contributed by atoms with Crippen molar-refractivity contribution in [3.63, 3.8) is 0 Å². The van der Waals surface area contributed by atoms with Gasteiger partial charge in [0.2, 0.25) is 11.1 Å². The number of nitrogens with zero attached hydrogens (tertiary/aromatic N) is 3. The van der Waals surface area contributed by atoms with Crippen molar-refractivity contribution in [2.24, 2.45) is 0 Å². The third-order valence-corrected chi connectivity index (χ3v) is 7.91. The third-order valence-electron chi connectivity index (χ3n) is 6.50. The van der Waals surface area contributed by atoms with Gasteiger partial charge in [0, 0.05) is 22.0 Å². The number of anilines is 2. The number of allylic oxidation sites excluding steroid dienone is 1. The van der Waals surface area contributed by atoms with Crippen molar-refractivity contribution in [3.05, 3.63) is 100 Å². The first-order valence-corrected chi connectivity index (χ1v) is 14.9. The van der Waals surface area contributed by atoms with E-state index in [2.05, 4.69) is 17.6 Å². The van der Waals surface area contributed by atoms with E-state index in [-0.39, 0.29) is 5.91 Å². The molecular formula is C31H32ClN5O3S. The lowest BCUT2D eigenvalue weighted by molar-refractivity contribution is -0.113. The van der Waals surface area contributed by atoms with E-state index >= 15 is 0 Å². The van der Waals surface area contributed by atoms with E-state index in [4.69, 9.17) is 31.2 Å². The van der Waals surface area contributed by atoms with Gasteiger partial charge in [-0.3, -0.25) is 4.79 Å². The highest BCUT2D eigenvalue weighted by atomic mass is 35.5. The first-order valence-electron chi connectivity index (χ1n) is 13.5. The molecule has 1 unspecified atom stereocenters. The molecule has 0 fully saturated rings. The molecule has 41 heavy (non-hydrogen) atoms. The standard InChI is InChI=1S/C31H32ClN5O3S/c1-4-18-41-31-35-30-33-20(3)27(29(38)34-25-12-8-9-13-26(25)39-5-2)28(37(30)36-31)21-14-16-23(17-15-21)40-19-22-10-6-7-11-24(22)32/h6-17,28H,4-5,18-19H2,1-3H3,(H,34,38)(H,33,35,36). The molecule has 0 bridgehead atoms. The van der Waals surface area contributed by atoms with Crippen LogP contribution in [-0.4, -0.2) is 33.0 Å². The number of rotatable bonds is 11. The van der Waals surface area contributed by atoms with Crippen LogP contribution in [0.15, 0.2) is 89.2 Å². The van der Waals surface area contributed by atoms with Gasteiger partial charge < -0.3 is 20.1 Å². The molecule has 10 heteroatoms. The zero-order valence-electron chi connectivity index (χ0n) is 23.2. The Morgan fingerprint density at radius 2 is 1.80 bits per heavy atom. The smallest absolute Gasteiger partial charge is 0.255 e. The number of para-hydroxylation sites is 2. The number of nitrogens with one attached hydrogen (secondary N) is 2. The van der Waals surface area contributed by atoms with Gasteiger partial charge >= 0.3 is 0 Å². The Morgan fingerprint density at radius 3 is 2.56 bits per heavy atom. The molecule has 1 aromatic heterocycles. The van der Waals surface area contributed by atoms with E-state index in [0.717, 1.165) is 23.3 Å². The van der Waals surface area contributed by atoms with Crippen LogP contribution in [0.25, 0.3) is 0 Å². The predicted molar refractivity (Wildman–Crippen MR) is 164 cm³/mol. The first kappa shape index (κ1) is 28.6. The quantitative estimate of drug-likeness (QED) is 0.177. The van der Waals surface area contributed by atoms with E-state index in [1.165, 1.54) is 0 Å². The largest absolute Gasteiger partial charge is 0.492 e. The molecule has 0 aliphatic carbocycles. The molecule has 8 nitrogen and oxygen atoms in total. The van der Waals surface area contributed by atoms with Crippen molar-refractivity contribution < 1.29 is 14.3 Å². The van der Waals surface area contributed by atoms with Gasteiger partial charge in [-0.25, -0.2) is 4.68 Å². The molecule has 212 valence electrons. The van der Waals surface area contributed by atoms with Gasteiger partial charge in [0.15, 0.2) is 0 Å². The highest BCUT2D eigenvalue weighted by molar-refractivity contribution is 7.99. The van der Waals surface area contributed by atoms with E-state index < -0.39 is 6.04 Å². The summed E-state index contributed by atoms with van der Waals surface area (Å²) in [5.41, 5.74) is 3.62. The topological polar surface area (TPSA) is 90.3 Å². The maximum Gasteiger partial charge on any atom is 0.255 e. The minimum Gasteiger partial charge on any atom is -0.492 e. The Bertz CT molecular complexity index is 1550. The van der Waals surface area contributed by atoms with Crippen LogP contribution in [0.2, 0.25) is 5.02 Å². The van der Waals surface area contributed by atoms with Gasteiger partial charge in [-0.1, -0.05) is 72.8 Å². The number of ether oxygens (including phenoxy) is 2. The monoisotopic (exact) mass is 589 g/mol. The first-order chi connectivity index (χ1) is 20.0. The van der Waals surface area contributed by atoms with Crippen molar-refractivity contribution in [3.8, 4) is 11.5 Å². The maximum absolute atomic E-state index is 13.9. The molecule has 1 amide bonds. The Labute approximate surface area is 249 Å². The van der Waals surface area contributed by atoms with E-state index in [0.29, 0.717) is 57.8 Å². The van der Waals surface area contributed by atoms with E-state index in [1.807, 2.05) is 86.6 Å². The van der Waals surface area contributed by atoms with Crippen LogP contribution in [0.5, 0.6) is 11.5 Å². The number of halogens is 1. The lowest BCUT2D eigenvalue weighted by atomic mass is 9.95. The van der Waals surface area contributed by atoms with Crippen LogP contribution in [0.3, 0.4) is 0 Å². The number of carbonyl (C=O) groups is 1. The summed E-state index contributed by atoms with van der Waals surface area (Å²) in [6.45, 7) is 6.75. The Hall–Kier alpha value is -3.95. The second-order valence-corrected chi connectivity index (χ2v) is 10.9. The fourth-order valence-corrected chi connectivity index (χ4v) is 5.43. The summed E-state index contributed by atoms with van der Waals surface area (Å²) in [5, 5.41) is 12.5. The van der Waals surface area contributed by atoms with Gasteiger partial charge in [0.05, 0.1) is 17.9 Å². The SMILES string of the molecule is CCCSc1nc2n(n1)C(c1ccc(OCc3ccccc3Cl)cc1)C(C(=O)Nc1ccccc1OCC)=C(C)N2. The minimum absolute atomic E-state index is 0.255. The molecule has 0 saturated heterocycles. The zero-order chi connectivity index (χ0) is 28.8. The number of carbonyl (C=O) groups excluding carboxylic acids is 1. The fourth-order valence-electron chi connectivity index (χ4n) is 4.55. The maximum atomic E-state index is 13.9. The fraction of sp³-hybridized carbons (Fsp3) is 0.258. The molecule has 0 saturated carbocycles. The Morgan fingerprint density at radius 1 is 1.05 bits per heavy atom. The summed E-state index contributed by atoms with van der Waals surface area (Å²) in [4.78, 5) is 18.6. The number of hydrogen-bond acceptors (Lipinski definition) is 7. The van der Waals surface area contributed by atoms with Gasteiger partial charge in [-0.05, 0) is 56.2 Å². The predicted octanol–water partition coefficient (Wildman–Crippen LogP) is 7.34. The van der Waals surface area contributed by atoms with Gasteiger partial charge in [-0.2, -0.15) is 4.98 Å². The van der Waals surface area contributed by atoms with Crippen LogP contribution in [0.1, 0.15) is 44.4 Å². The van der Waals surface area contributed by atoms with Gasteiger partial charge in [0.1, 0.15) is 24.1 Å². The number of hydrogen-bond donors (Lipinski definition) is 2. The number of aromatic nitrogens is 3. The highest BCUT2D eigenvalue weighted by Gasteiger charge is 2.34. The summed E-state index contributed by atoms with van der Waals surface area (Å²) in [7, 11) is 0. The Kier molecular flexibility index (Phi) is 9.16. The third kappa shape index (κ3) is 6.52. The molecule has 0 spiro atoms. The second kappa shape index (κ2) is 13.1. The molecule has 5 rings (SSSR count). The zero-order valence-corrected chi connectivity index (χ0v) is 24.8. The van der Waals surface area contributed by atoms with Gasteiger partial charge in [-0.15, -0.1) is 5.10 Å². The minimum atomic E-state index is -0.508. The Balaban J connectivity index is 1.46. The molecule has 1 atom stereocenters. The molecule has 2 N–H and O–H groups in total. The molecule has 2 heterocycles. The molecule has 1 aliphatic rings. The van der Waals surface area contributed by atoms with Crippen molar-refractivity contribution in [1.29, 1.82) is 0 Å². The number of fused-ring (bicyclic) bond motifs is 1. The second-order valence-electron chi connectivity index (χ2n) is 9.41. The van der Waals surface area contributed by atoms with Crippen LogP contribution in [0, 0.1) is 0 Å². The average molecular weight is 590 g/mol. The normalized spacial score (nSPS) is 14.3. The summed E-state index contributed by atoms with van der Waals surface area (Å²) in [6.07, 6.45) is 1.01. The molecule has 3 aromatic carbocycles. The average Bonchev–Trinajstić information content (AvgIpc) is 3.38. The van der Waals surface area contributed by atoms with Crippen LogP contribution >= 0.6 is 23.4 Å². The summed E-state index contributed by atoms with van der Waals surface area (Å²) in [5.74, 6) is 2.55. The highest BCUT2D eigenvalue weighted by Crippen LogP contribution is 2.38. The number of thioether (sulfide) groups is 1.